The first-order chi connectivity index (χ1) is 14.1. The van der Waals surface area contributed by atoms with E-state index in [1.54, 1.807) is 19.2 Å². The van der Waals surface area contributed by atoms with E-state index in [0.717, 1.165) is 57.5 Å². The van der Waals surface area contributed by atoms with Crippen molar-refractivity contribution in [3.63, 3.8) is 0 Å². The topological polar surface area (TPSA) is 58.6 Å². The summed E-state index contributed by atoms with van der Waals surface area (Å²) in [5.74, 6) is 0.375. The van der Waals surface area contributed by atoms with Gasteiger partial charge in [0.15, 0.2) is 5.82 Å². The smallest absolute Gasteiger partial charge is 0.253 e. The van der Waals surface area contributed by atoms with Gasteiger partial charge in [-0.15, -0.1) is 0 Å². The van der Waals surface area contributed by atoms with Crippen LogP contribution in [0.2, 0.25) is 0 Å². The molecule has 7 heteroatoms. The van der Waals surface area contributed by atoms with Crippen LogP contribution < -0.4 is 0 Å². The lowest BCUT2D eigenvalue weighted by molar-refractivity contribution is 0.0675. The maximum Gasteiger partial charge on any atom is 0.253 e. The lowest BCUT2D eigenvalue weighted by Gasteiger charge is -2.40. The van der Waals surface area contributed by atoms with E-state index in [1.165, 1.54) is 12.1 Å². The van der Waals surface area contributed by atoms with Crippen LogP contribution >= 0.6 is 0 Å². The molecular formula is C22H27FN4O2. The molecule has 0 radical (unpaired) electrons. The molecule has 1 spiro atoms. The second-order valence-electron chi connectivity index (χ2n) is 8.24. The Morgan fingerprint density at radius 3 is 2.62 bits per heavy atom. The molecule has 6 nitrogen and oxygen atoms in total. The maximum atomic E-state index is 13.1. The molecule has 0 aliphatic carbocycles. The number of ether oxygens (including phenoxy) is 1. The Labute approximate surface area is 170 Å². The van der Waals surface area contributed by atoms with Gasteiger partial charge in [0.05, 0.1) is 0 Å². The number of benzene rings is 1. The number of hydrogen-bond acceptors (Lipinski definition) is 5. The van der Waals surface area contributed by atoms with E-state index in [0.29, 0.717) is 18.0 Å². The average molecular weight is 398 g/mol. The van der Waals surface area contributed by atoms with E-state index in [4.69, 9.17) is 4.74 Å². The van der Waals surface area contributed by atoms with Crippen LogP contribution in [-0.2, 0) is 17.9 Å². The Kier molecular flexibility index (Phi) is 5.87. The first-order valence-corrected chi connectivity index (χ1v) is 10.1. The minimum atomic E-state index is -0.318. The molecule has 1 aromatic carbocycles. The van der Waals surface area contributed by atoms with Gasteiger partial charge >= 0.3 is 0 Å². The molecule has 1 unspecified atom stereocenters. The van der Waals surface area contributed by atoms with Crippen LogP contribution in [0.4, 0.5) is 4.39 Å². The number of methoxy groups -OCH3 is 1. The van der Waals surface area contributed by atoms with Crippen molar-refractivity contribution in [1.82, 2.24) is 19.8 Å². The first-order valence-electron chi connectivity index (χ1n) is 10.1. The maximum absolute atomic E-state index is 13.1. The van der Waals surface area contributed by atoms with Gasteiger partial charge in [-0.1, -0.05) is 0 Å². The molecule has 0 bridgehead atoms. The standard InChI is InChI=1S/C22H27FN4O2/c1-29-14-20-24-11-17(12-25-20)13-26-9-2-7-22(15-26)8-10-27(16-22)21(28)18-3-5-19(23)6-4-18/h3-6,11-12H,2,7-10,13-16H2,1H3. The average Bonchev–Trinajstić information content (AvgIpc) is 3.13. The van der Waals surface area contributed by atoms with Crippen molar-refractivity contribution < 1.29 is 13.9 Å². The Morgan fingerprint density at radius 2 is 1.90 bits per heavy atom. The predicted molar refractivity (Wildman–Crippen MR) is 107 cm³/mol. The van der Waals surface area contributed by atoms with Crippen LogP contribution in [0.25, 0.3) is 0 Å². The minimum Gasteiger partial charge on any atom is -0.377 e. The summed E-state index contributed by atoms with van der Waals surface area (Å²) < 4.78 is 18.2. The SMILES string of the molecule is COCc1ncc(CN2CCCC3(CCN(C(=O)c4ccc(F)cc4)C3)C2)cn1. The van der Waals surface area contributed by atoms with E-state index in [2.05, 4.69) is 14.9 Å². The fourth-order valence-corrected chi connectivity index (χ4v) is 4.59. The van der Waals surface area contributed by atoms with Crippen LogP contribution in [-0.4, -0.2) is 59.0 Å². The van der Waals surface area contributed by atoms with Crippen LogP contribution in [0.15, 0.2) is 36.7 Å². The Morgan fingerprint density at radius 1 is 1.14 bits per heavy atom. The number of amides is 1. The van der Waals surface area contributed by atoms with Gasteiger partial charge in [-0.3, -0.25) is 9.69 Å². The van der Waals surface area contributed by atoms with Crippen molar-refractivity contribution in [2.24, 2.45) is 5.41 Å². The summed E-state index contributed by atoms with van der Waals surface area (Å²) in [6, 6.07) is 5.84. The van der Waals surface area contributed by atoms with Crippen LogP contribution in [0.5, 0.6) is 0 Å². The largest absolute Gasteiger partial charge is 0.377 e. The minimum absolute atomic E-state index is 0.00105. The number of piperidine rings is 1. The van der Waals surface area contributed by atoms with E-state index >= 15 is 0 Å². The van der Waals surface area contributed by atoms with E-state index in [1.807, 2.05) is 17.3 Å². The third-order valence-corrected chi connectivity index (χ3v) is 6.00. The molecular weight excluding hydrogens is 371 g/mol. The molecule has 1 atom stereocenters. The zero-order valence-corrected chi connectivity index (χ0v) is 16.8. The molecule has 1 amide bonds. The van der Waals surface area contributed by atoms with Gasteiger partial charge in [0.1, 0.15) is 12.4 Å². The Bertz CT molecular complexity index is 843. The molecule has 3 heterocycles. The summed E-state index contributed by atoms with van der Waals surface area (Å²) in [5, 5.41) is 0. The number of carbonyl (C=O) groups excluding carboxylic acids is 1. The third-order valence-electron chi connectivity index (χ3n) is 6.00. The Hall–Kier alpha value is -2.38. The molecule has 4 rings (SSSR count). The highest BCUT2D eigenvalue weighted by Crippen LogP contribution is 2.39. The monoisotopic (exact) mass is 398 g/mol. The number of likely N-dealkylation sites (tertiary alicyclic amines) is 2. The summed E-state index contributed by atoms with van der Waals surface area (Å²) in [7, 11) is 1.64. The summed E-state index contributed by atoms with van der Waals surface area (Å²) in [6.45, 7) is 4.79. The highest BCUT2D eigenvalue weighted by atomic mass is 19.1. The number of halogens is 1. The van der Waals surface area contributed by atoms with Gasteiger partial charge in [-0.25, -0.2) is 14.4 Å². The number of aromatic nitrogens is 2. The molecule has 2 aliphatic heterocycles. The normalized spacial score (nSPS) is 22.3. The highest BCUT2D eigenvalue weighted by molar-refractivity contribution is 5.94. The summed E-state index contributed by atoms with van der Waals surface area (Å²) in [6.07, 6.45) is 7.03. The summed E-state index contributed by atoms with van der Waals surface area (Å²) in [4.78, 5) is 25.9. The predicted octanol–water partition coefficient (Wildman–Crippen LogP) is 2.89. The van der Waals surface area contributed by atoms with Gasteiger partial charge in [0, 0.05) is 62.2 Å². The molecule has 2 aliphatic rings. The van der Waals surface area contributed by atoms with Crippen molar-refractivity contribution in [1.29, 1.82) is 0 Å². The fourth-order valence-electron chi connectivity index (χ4n) is 4.59. The van der Waals surface area contributed by atoms with E-state index in [9.17, 15) is 9.18 Å². The second kappa shape index (κ2) is 8.55. The third kappa shape index (κ3) is 4.62. The molecule has 2 aromatic rings. The summed E-state index contributed by atoms with van der Waals surface area (Å²) in [5.41, 5.74) is 1.80. The van der Waals surface area contributed by atoms with Gasteiger partial charge in [-0.2, -0.15) is 0 Å². The Balaban J connectivity index is 1.37. The molecule has 0 saturated carbocycles. The van der Waals surface area contributed by atoms with E-state index in [-0.39, 0.29) is 17.1 Å². The second-order valence-corrected chi connectivity index (χ2v) is 8.24. The molecule has 29 heavy (non-hydrogen) atoms. The highest BCUT2D eigenvalue weighted by Gasteiger charge is 2.42. The first kappa shape index (κ1) is 19.9. The molecule has 2 saturated heterocycles. The fraction of sp³-hybridized carbons (Fsp3) is 0.500. The van der Waals surface area contributed by atoms with Crippen molar-refractivity contribution in [3.8, 4) is 0 Å². The van der Waals surface area contributed by atoms with Gasteiger partial charge in [-0.05, 0) is 50.1 Å². The van der Waals surface area contributed by atoms with Gasteiger partial charge < -0.3 is 9.64 Å². The molecule has 2 fully saturated rings. The van der Waals surface area contributed by atoms with Crippen molar-refractivity contribution in [3.05, 3.63) is 59.4 Å². The van der Waals surface area contributed by atoms with Crippen LogP contribution in [0, 0.1) is 11.2 Å². The summed E-state index contributed by atoms with van der Waals surface area (Å²) >= 11 is 0. The molecule has 1 aromatic heterocycles. The number of rotatable bonds is 5. The molecule has 0 N–H and O–H groups in total. The number of hydrogen-bond donors (Lipinski definition) is 0. The zero-order chi connectivity index (χ0) is 20.3. The quantitative estimate of drug-likeness (QED) is 0.775. The zero-order valence-electron chi connectivity index (χ0n) is 16.8. The molecule has 154 valence electrons. The van der Waals surface area contributed by atoms with Crippen LogP contribution in [0.1, 0.15) is 41.0 Å². The van der Waals surface area contributed by atoms with Crippen molar-refractivity contribution in [2.75, 3.05) is 33.3 Å². The van der Waals surface area contributed by atoms with Crippen molar-refractivity contribution >= 4 is 5.91 Å². The number of carbonyl (C=O) groups is 1. The lowest BCUT2D eigenvalue weighted by atomic mass is 9.79. The van der Waals surface area contributed by atoms with Gasteiger partial charge in [0.25, 0.3) is 5.91 Å². The van der Waals surface area contributed by atoms with Gasteiger partial charge in [0.2, 0.25) is 0 Å². The lowest BCUT2D eigenvalue weighted by Crippen LogP contribution is -2.45. The van der Waals surface area contributed by atoms with Crippen LogP contribution in [0.3, 0.4) is 0 Å². The van der Waals surface area contributed by atoms with Crippen molar-refractivity contribution in [2.45, 2.75) is 32.4 Å². The number of nitrogens with zero attached hydrogens (tertiary/aromatic N) is 4. The van der Waals surface area contributed by atoms with E-state index < -0.39 is 0 Å².